The van der Waals surface area contributed by atoms with E-state index in [1.165, 1.54) is 0 Å². The minimum Gasteiger partial charge on any atom is -0.465 e. The van der Waals surface area contributed by atoms with Crippen LogP contribution < -0.4 is 0 Å². The van der Waals surface area contributed by atoms with E-state index in [0.29, 0.717) is 19.4 Å². The summed E-state index contributed by atoms with van der Waals surface area (Å²) >= 11 is 0. The zero-order valence-electron chi connectivity index (χ0n) is 8.92. The van der Waals surface area contributed by atoms with E-state index in [9.17, 15) is 9.59 Å². The van der Waals surface area contributed by atoms with Crippen molar-refractivity contribution in [3.63, 3.8) is 0 Å². The minimum absolute atomic E-state index is 0.101. The Bertz CT molecular complexity index is 291. The maximum atomic E-state index is 11.7. The molecule has 0 bridgehead atoms. The van der Waals surface area contributed by atoms with Gasteiger partial charge in [0.05, 0.1) is 12.0 Å². The third kappa shape index (κ3) is 1.86. The number of carbonyl (C=O) groups is 2. The lowest BCUT2D eigenvalue weighted by Gasteiger charge is -2.30. The Morgan fingerprint density at radius 3 is 2.79 bits per heavy atom. The lowest BCUT2D eigenvalue weighted by Crippen LogP contribution is -2.34. The van der Waals surface area contributed by atoms with Gasteiger partial charge in [-0.05, 0) is 33.3 Å². The van der Waals surface area contributed by atoms with E-state index in [4.69, 9.17) is 4.74 Å². The van der Waals surface area contributed by atoms with Crippen molar-refractivity contribution in [2.45, 2.75) is 33.6 Å². The molecule has 1 aliphatic carbocycles. The molecule has 0 aromatic heterocycles. The molecule has 3 heteroatoms. The molecule has 1 atom stereocenters. The molecule has 0 saturated heterocycles. The lowest BCUT2D eigenvalue weighted by molar-refractivity contribution is -0.152. The summed E-state index contributed by atoms with van der Waals surface area (Å²) in [6.07, 6.45) is 2.56. The summed E-state index contributed by atoms with van der Waals surface area (Å²) in [5.74, 6) is -0.120. The quantitative estimate of drug-likeness (QED) is 0.633. The van der Waals surface area contributed by atoms with Gasteiger partial charge in [-0.15, -0.1) is 0 Å². The molecule has 0 N–H and O–H groups in total. The number of hydrogen-bond donors (Lipinski definition) is 0. The molecule has 0 radical (unpaired) electrons. The second-order valence-electron chi connectivity index (χ2n) is 3.85. The zero-order chi connectivity index (χ0) is 10.8. The van der Waals surface area contributed by atoms with Crippen LogP contribution in [0.25, 0.3) is 0 Å². The second-order valence-corrected chi connectivity index (χ2v) is 3.85. The van der Waals surface area contributed by atoms with E-state index in [2.05, 4.69) is 0 Å². The van der Waals surface area contributed by atoms with Crippen LogP contribution in [0, 0.1) is 5.41 Å². The third-order valence-electron chi connectivity index (χ3n) is 2.85. The molecule has 0 fully saturated rings. The molecule has 0 saturated carbocycles. The Kier molecular flexibility index (Phi) is 3.09. The summed E-state index contributed by atoms with van der Waals surface area (Å²) in [6, 6.07) is 0. The Labute approximate surface area is 84.1 Å². The van der Waals surface area contributed by atoms with Crippen LogP contribution >= 0.6 is 0 Å². The van der Waals surface area contributed by atoms with Crippen LogP contribution in [-0.2, 0) is 14.3 Å². The van der Waals surface area contributed by atoms with Crippen molar-refractivity contribution in [3.05, 3.63) is 11.6 Å². The van der Waals surface area contributed by atoms with Gasteiger partial charge < -0.3 is 4.74 Å². The van der Waals surface area contributed by atoms with Crippen LogP contribution in [-0.4, -0.2) is 18.4 Å². The SMILES string of the molecule is CCOC(=O)[C@@]1(C)CCC(=O)C=C1C. The number of allylic oxidation sites excluding steroid dienone is 1. The molecule has 0 aromatic rings. The molecule has 0 spiro atoms. The Hall–Kier alpha value is -1.12. The van der Waals surface area contributed by atoms with E-state index in [1.807, 2.05) is 13.8 Å². The van der Waals surface area contributed by atoms with E-state index in [0.717, 1.165) is 5.57 Å². The van der Waals surface area contributed by atoms with E-state index in [1.54, 1.807) is 13.0 Å². The van der Waals surface area contributed by atoms with E-state index < -0.39 is 5.41 Å². The van der Waals surface area contributed by atoms with Crippen LogP contribution in [0.4, 0.5) is 0 Å². The first-order chi connectivity index (χ1) is 6.50. The maximum absolute atomic E-state index is 11.7. The summed E-state index contributed by atoms with van der Waals surface area (Å²) in [7, 11) is 0. The lowest BCUT2D eigenvalue weighted by atomic mass is 9.74. The van der Waals surface area contributed by atoms with Crippen molar-refractivity contribution < 1.29 is 14.3 Å². The highest BCUT2D eigenvalue weighted by Crippen LogP contribution is 2.36. The minimum atomic E-state index is -0.593. The number of rotatable bonds is 2. The smallest absolute Gasteiger partial charge is 0.315 e. The van der Waals surface area contributed by atoms with E-state index in [-0.39, 0.29) is 11.8 Å². The molecule has 1 rings (SSSR count). The highest BCUT2D eigenvalue weighted by Gasteiger charge is 2.39. The first kappa shape index (κ1) is 11.0. The summed E-state index contributed by atoms with van der Waals surface area (Å²) in [4.78, 5) is 22.8. The first-order valence-electron chi connectivity index (χ1n) is 4.89. The van der Waals surface area contributed by atoms with Crippen LogP contribution in [0.5, 0.6) is 0 Å². The average molecular weight is 196 g/mol. The third-order valence-corrected chi connectivity index (χ3v) is 2.85. The molecule has 0 aromatic carbocycles. The summed E-state index contributed by atoms with van der Waals surface area (Å²) < 4.78 is 5.00. The second kappa shape index (κ2) is 3.95. The fourth-order valence-corrected chi connectivity index (χ4v) is 1.60. The van der Waals surface area contributed by atoms with E-state index >= 15 is 0 Å². The van der Waals surface area contributed by atoms with Crippen molar-refractivity contribution in [2.75, 3.05) is 6.61 Å². The topological polar surface area (TPSA) is 43.4 Å². The molecule has 0 heterocycles. The number of ketones is 1. The van der Waals surface area contributed by atoms with Gasteiger partial charge in [-0.2, -0.15) is 0 Å². The summed E-state index contributed by atoms with van der Waals surface area (Å²) in [6.45, 7) is 5.82. The van der Waals surface area contributed by atoms with Crippen LogP contribution in [0.3, 0.4) is 0 Å². The number of esters is 1. The first-order valence-corrected chi connectivity index (χ1v) is 4.89. The van der Waals surface area contributed by atoms with Gasteiger partial charge in [0.25, 0.3) is 0 Å². The number of carbonyl (C=O) groups excluding carboxylic acids is 2. The summed E-state index contributed by atoms with van der Waals surface area (Å²) in [5.41, 5.74) is 0.219. The molecule has 0 unspecified atom stereocenters. The maximum Gasteiger partial charge on any atom is 0.315 e. The van der Waals surface area contributed by atoms with Gasteiger partial charge in [0.1, 0.15) is 0 Å². The van der Waals surface area contributed by atoms with Crippen molar-refractivity contribution >= 4 is 11.8 Å². The molecule has 1 aliphatic rings. The molecular formula is C11H16O3. The largest absolute Gasteiger partial charge is 0.465 e. The van der Waals surface area contributed by atoms with Gasteiger partial charge in [0.15, 0.2) is 5.78 Å². The summed E-state index contributed by atoms with van der Waals surface area (Å²) in [5, 5.41) is 0. The highest BCUT2D eigenvalue weighted by molar-refractivity contribution is 5.94. The van der Waals surface area contributed by atoms with Gasteiger partial charge in [0.2, 0.25) is 0 Å². The van der Waals surface area contributed by atoms with Gasteiger partial charge in [-0.1, -0.05) is 5.57 Å². The van der Waals surface area contributed by atoms with Gasteiger partial charge >= 0.3 is 5.97 Å². The molecular weight excluding hydrogens is 180 g/mol. The van der Waals surface area contributed by atoms with Gasteiger partial charge in [-0.25, -0.2) is 0 Å². The van der Waals surface area contributed by atoms with Crippen molar-refractivity contribution in [1.29, 1.82) is 0 Å². The fourth-order valence-electron chi connectivity index (χ4n) is 1.60. The van der Waals surface area contributed by atoms with Crippen molar-refractivity contribution in [3.8, 4) is 0 Å². The fraction of sp³-hybridized carbons (Fsp3) is 0.636. The number of ether oxygens (including phenoxy) is 1. The molecule has 0 amide bonds. The van der Waals surface area contributed by atoms with Crippen molar-refractivity contribution in [1.82, 2.24) is 0 Å². The number of hydrogen-bond acceptors (Lipinski definition) is 3. The average Bonchev–Trinajstić information content (AvgIpc) is 2.12. The monoisotopic (exact) mass is 196 g/mol. The Morgan fingerprint density at radius 2 is 2.29 bits per heavy atom. The van der Waals surface area contributed by atoms with Gasteiger partial charge in [0, 0.05) is 6.42 Å². The normalized spacial score (nSPS) is 27.1. The Balaban J connectivity index is 2.89. The standard InChI is InChI=1S/C11H16O3/c1-4-14-10(13)11(3)6-5-9(12)7-8(11)2/h7H,4-6H2,1-3H3/t11-/m0/s1. The molecule has 3 nitrogen and oxygen atoms in total. The van der Waals surface area contributed by atoms with Gasteiger partial charge in [-0.3, -0.25) is 9.59 Å². The Morgan fingerprint density at radius 1 is 1.64 bits per heavy atom. The van der Waals surface area contributed by atoms with Crippen LogP contribution in [0.15, 0.2) is 11.6 Å². The highest BCUT2D eigenvalue weighted by atomic mass is 16.5. The molecule has 14 heavy (non-hydrogen) atoms. The zero-order valence-corrected chi connectivity index (χ0v) is 8.92. The van der Waals surface area contributed by atoms with Crippen molar-refractivity contribution in [2.24, 2.45) is 5.41 Å². The van der Waals surface area contributed by atoms with Crippen LogP contribution in [0.1, 0.15) is 33.6 Å². The molecule has 78 valence electrons. The molecule has 0 aliphatic heterocycles. The predicted molar refractivity (Wildman–Crippen MR) is 52.7 cm³/mol. The van der Waals surface area contributed by atoms with Crippen LogP contribution in [0.2, 0.25) is 0 Å². The predicted octanol–water partition coefficient (Wildman–Crippen LogP) is 1.86.